The van der Waals surface area contributed by atoms with Gasteiger partial charge in [-0.25, -0.2) is 4.39 Å². The van der Waals surface area contributed by atoms with E-state index in [4.69, 9.17) is 11.6 Å². The lowest BCUT2D eigenvalue weighted by Gasteiger charge is -2.04. The fourth-order valence-corrected chi connectivity index (χ4v) is 2.18. The van der Waals surface area contributed by atoms with Crippen molar-refractivity contribution in [1.29, 1.82) is 0 Å². The van der Waals surface area contributed by atoms with Crippen molar-refractivity contribution >= 4 is 23.2 Å². The van der Waals surface area contributed by atoms with Gasteiger partial charge in [-0.15, -0.1) is 10.2 Å². The maximum atomic E-state index is 13.1. The van der Waals surface area contributed by atoms with Crippen molar-refractivity contribution < 1.29 is 9.18 Å². The summed E-state index contributed by atoms with van der Waals surface area (Å²) in [6.45, 7) is -0.145. The molecule has 1 N–H and O–H groups in total. The van der Waals surface area contributed by atoms with Gasteiger partial charge in [0.05, 0.1) is 5.02 Å². The molecule has 0 bridgehead atoms. The summed E-state index contributed by atoms with van der Waals surface area (Å²) in [5, 5.41) is 14.9. The van der Waals surface area contributed by atoms with Gasteiger partial charge in [0.15, 0.2) is 0 Å². The largest absolute Gasteiger partial charge is 0.324 e. The summed E-state index contributed by atoms with van der Waals surface area (Å²) in [6.07, 6.45) is 0. The highest BCUT2D eigenvalue weighted by Gasteiger charge is 2.11. The molecule has 116 valence electrons. The molecule has 0 aliphatic heterocycles. The molecule has 0 saturated heterocycles. The van der Waals surface area contributed by atoms with Gasteiger partial charge in [-0.2, -0.15) is 4.80 Å². The number of rotatable bonds is 4. The smallest absolute Gasteiger partial charge is 0.248 e. The Hall–Kier alpha value is -2.80. The first-order valence-electron chi connectivity index (χ1n) is 6.70. The number of nitrogens with zero attached hydrogens (tertiary/aromatic N) is 4. The van der Waals surface area contributed by atoms with E-state index in [1.807, 2.05) is 0 Å². The lowest BCUT2D eigenvalue weighted by atomic mass is 10.2. The minimum absolute atomic E-state index is 0.145. The van der Waals surface area contributed by atoms with E-state index in [0.29, 0.717) is 22.1 Å². The molecule has 0 spiro atoms. The van der Waals surface area contributed by atoms with Crippen molar-refractivity contribution in [3.63, 3.8) is 0 Å². The third kappa shape index (κ3) is 3.70. The lowest BCUT2D eigenvalue weighted by Crippen LogP contribution is -2.20. The normalized spacial score (nSPS) is 10.5. The van der Waals surface area contributed by atoms with Crippen LogP contribution in [-0.2, 0) is 11.3 Å². The Morgan fingerprint density at radius 3 is 2.83 bits per heavy atom. The van der Waals surface area contributed by atoms with Crippen molar-refractivity contribution in [2.24, 2.45) is 0 Å². The van der Waals surface area contributed by atoms with E-state index in [1.54, 1.807) is 30.3 Å². The van der Waals surface area contributed by atoms with Gasteiger partial charge in [-0.3, -0.25) is 4.79 Å². The van der Waals surface area contributed by atoms with E-state index < -0.39 is 11.7 Å². The summed E-state index contributed by atoms with van der Waals surface area (Å²) in [5.74, 6) is -0.490. The molecular formula is C15H11ClFN5O. The third-order valence-electron chi connectivity index (χ3n) is 2.96. The van der Waals surface area contributed by atoms with E-state index in [-0.39, 0.29) is 6.54 Å². The van der Waals surface area contributed by atoms with Gasteiger partial charge in [-0.1, -0.05) is 29.8 Å². The first-order valence-corrected chi connectivity index (χ1v) is 7.08. The SMILES string of the molecule is O=C(Cn1nnc(-c2ccccc2Cl)n1)Nc1cccc(F)c1. The monoisotopic (exact) mass is 331 g/mol. The second kappa shape index (κ2) is 6.53. The van der Waals surface area contributed by atoms with E-state index in [2.05, 4.69) is 20.7 Å². The van der Waals surface area contributed by atoms with Crippen LogP contribution in [0.25, 0.3) is 11.4 Å². The van der Waals surface area contributed by atoms with Crippen molar-refractivity contribution in [2.75, 3.05) is 5.32 Å². The average molecular weight is 332 g/mol. The molecule has 0 fully saturated rings. The fraction of sp³-hybridized carbons (Fsp3) is 0.0667. The predicted octanol–water partition coefficient (Wildman–Crippen LogP) is 2.77. The molecule has 1 heterocycles. The molecule has 1 aromatic heterocycles. The van der Waals surface area contributed by atoms with Gasteiger partial charge < -0.3 is 5.32 Å². The Morgan fingerprint density at radius 1 is 1.22 bits per heavy atom. The van der Waals surface area contributed by atoms with Gasteiger partial charge in [0.2, 0.25) is 11.7 Å². The summed E-state index contributed by atoms with van der Waals surface area (Å²) >= 11 is 6.06. The quantitative estimate of drug-likeness (QED) is 0.798. The fourth-order valence-electron chi connectivity index (χ4n) is 1.96. The van der Waals surface area contributed by atoms with Crippen LogP contribution in [0.1, 0.15) is 0 Å². The molecule has 0 aliphatic rings. The summed E-state index contributed by atoms with van der Waals surface area (Å²) in [4.78, 5) is 13.1. The van der Waals surface area contributed by atoms with Crippen molar-refractivity contribution in [3.05, 3.63) is 59.4 Å². The number of hydrogen-bond donors (Lipinski definition) is 1. The molecule has 0 radical (unpaired) electrons. The number of hydrogen-bond acceptors (Lipinski definition) is 4. The Kier molecular flexibility index (Phi) is 4.29. The minimum atomic E-state index is -0.428. The Bertz CT molecular complexity index is 851. The molecule has 1 amide bonds. The highest BCUT2D eigenvalue weighted by Crippen LogP contribution is 2.23. The zero-order chi connectivity index (χ0) is 16.2. The van der Waals surface area contributed by atoms with Crippen LogP contribution in [0.15, 0.2) is 48.5 Å². The molecule has 3 aromatic rings. The summed E-state index contributed by atoms with van der Waals surface area (Å²) in [6, 6.07) is 12.7. The van der Waals surface area contributed by atoms with Crippen LogP contribution in [0.3, 0.4) is 0 Å². The van der Waals surface area contributed by atoms with Gasteiger partial charge in [0, 0.05) is 11.3 Å². The topological polar surface area (TPSA) is 72.7 Å². The molecule has 0 saturated carbocycles. The van der Waals surface area contributed by atoms with Crippen LogP contribution < -0.4 is 5.32 Å². The van der Waals surface area contributed by atoms with Crippen LogP contribution in [0.2, 0.25) is 5.02 Å². The Labute approximate surface area is 135 Å². The van der Waals surface area contributed by atoms with Crippen LogP contribution in [-0.4, -0.2) is 26.1 Å². The van der Waals surface area contributed by atoms with Gasteiger partial charge in [0.1, 0.15) is 12.4 Å². The lowest BCUT2D eigenvalue weighted by molar-refractivity contribution is -0.117. The summed E-state index contributed by atoms with van der Waals surface area (Å²) < 4.78 is 13.1. The number of halogens is 2. The van der Waals surface area contributed by atoms with Crippen molar-refractivity contribution in [2.45, 2.75) is 6.54 Å². The van der Waals surface area contributed by atoms with Crippen LogP contribution in [0.4, 0.5) is 10.1 Å². The van der Waals surface area contributed by atoms with E-state index >= 15 is 0 Å². The first-order chi connectivity index (χ1) is 11.1. The van der Waals surface area contributed by atoms with Crippen LogP contribution in [0.5, 0.6) is 0 Å². The molecule has 0 aliphatic carbocycles. The molecule has 23 heavy (non-hydrogen) atoms. The third-order valence-corrected chi connectivity index (χ3v) is 3.29. The molecule has 0 atom stereocenters. The minimum Gasteiger partial charge on any atom is -0.324 e. The second-order valence-corrected chi connectivity index (χ2v) is 5.09. The van der Waals surface area contributed by atoms with Crippen LogP contribution >= 0.6 is 11.6 Å². The van der Waals surface area contributed by atoms with E-state index in [0.717, 1.165) is 4.80 Å². The summed E-state index contributed by atoms with van der Waals surface area (Å²) in [5.41, 5.74) is 0.993. The highest BCUT2D eigenvalue weighted by atomic mass is 35.5. The second-order valence-electron chi connectivity index (χ2n) is 4.68. The number of carbonyl (C=O) groups excluding carboxylic acids is 1. The summed E-state index contributed by atoms with van der Waals surface area (Å²) in [7, 11) is 0. The number of amides is 1. The average Bonchev–Trinajstić information content (AvgIpc) is 2.95. The highest BCUT2D eigenvalue weighted by molar-refractivity contribution is 6.33. The Morgan fingerprint density at radius 2 is 2.04 bits per heavy atom. The molecule has 3 rings (SSSR count). The molecular weight excluding hydrogens is 321 g/mol. The Balaban J connectivity index is 1.69. The van der Waals surface area contributed by atoms with Crippen LogP contribution in [0, 0.1) is 5.82 Å². The van der Waals surface area contributed by atoms with Crippen molar-refractivity contribution in [3.8, 4) is 11.4 Å². The maximum absolute atomic E-state index is 13.1. The number of nitrogens with one attached hydrogen (secondary N) is 1. The van der Waals surface area contributed by atoms with Crippen molar-refractivity contribution in [1.82, 2.24) is 20.2 Å². The van der Waals surface area contributed by atoms with Gasteiger partial charge in [-0.05, 0) is 35.5 Å². The zero-order valence-electron chi connectivity index (χ0n) is 11.8. The number of benzene rings is 2. The van der Waals surface area contributed by atoms with E-state index in [9.17, 15) is 9.18 Å². The van der Waals surface area contributed by atoms with Gasteiger partial charge >= 0.3 is 0 Å². The molecule has 0 unspecified atom stereocenters. The number of aromatic nitrogens is 4. The number of carbonyl (C=O) groups is 1. The standard InChI is InChI=1S/C15H11ClFN5O/c16-13-7-2-1-6-12(13)15-19-21-22(20-15)9-14(23)18-11-5-3-4-10(17)8-11/h1-8H,9H2,(H,18,23). The van der Waals surface area contributed by atoms with E-state index in [1.165, 1.54) is 18.2 Å². The zero-order valence-corrected chi connectivity index (χ0v) is 12.5. The number of tetrazole rings is 1. The predicted molar refractivity (Wildman–Crippen MR) is 83.3 cm³/mol. The first kappa shape index (κ1) is 15.1. The van der Waals surface area contributed by atoms with Gasteiger partial charge in [0.25, 0.3) is 0 Å². The number of anilines is 1. The molecule has 8 heteroatoms. The molecule has 6 nitrogen and oxygen atoms in total. The maximum Gasteiger partial charge on any atom is 0.248 e. The molecule has 2 aromatic carbocycles.